The molecule has 20 heavy (non-hydrogen) atoms. The molecule has 0 aliphatic rings. The number of rotatable bonds is 6. The molecule has 1 aromatic rings. The third-order valence-corrected chi connectivity index (χ3v) is 3.62. The van der Waals surface area contributed by atoms with Gasteiger partial charge in [0.05, 0.1) is 5.75 Å². The number of anilines is 1. The van der Waals surface area contributed by atoms with E-state index in [0.717, 1.165) is 5.69 Å². The highest BCUT2D eigenvalue weighted by Gasteiger charge is 2.12. The first-order valence-electron chi connectivity index (χ1n) is 6.52. The van der Waals surface area contributed by atoms with Gasteiger partial charge in [0.1, 0.15) is 9.84 Å². The third-order valence-electron chi connectivity index (χ3n) is 2.51. The van der Waals surface area contributed by atoms with Crippen molar-refractivity contribution in [1.82, 2.24) is 5.32 Å². The van der Waals surface area contributed by atoms with Crippen molar-refractivity contribution >= 4 is 21.4 Å². The SMILES string of the molecule is CC(C)NC(=O)c1cccc(NC(C)CS(C)(=O)=O)c1. The first-order valence-corrected chi connectivity index (χ1v) is 8.58. The number of benzene rings is 1. The summed E-state index contributed by atoms with van der Waals surface area (Å²) in [6, 6.07) is 6.88. The van der Waals surface area contributed by atoms with Crippen molar-refractivity contribution in [3.63, 3.8) is 0 Å². The van der Waals surface area contributed by atoms with Crippen LogP contribution in [-0.2, 0) is 9.84 Å². The van der Waals surface area contributed by atoms with Gasteiger partial charge >= 0.3 is 0 Å². The number of hydrogen-bond donors (Lipinski definition) is 2. The number of carbonyl (C=O) groups excluding carboxylic acids is 1. The Morgan fingerprint density at radius 2 is 1.90 bits per heavy atom. The lowest BCUT2D eigenvalue weighted by atomic mass is 10.1. The molecule has 0 fully saturated rings. The molecular formula is C14H22N2O3S. The van der Waals surface area contributed by atoms with Crippen LogP contribution in [0.25, 0.3) is 0 Å². The summed E-state index contributed by atoms with van der Waals surface area (Å²) < 4.78 is 22.4. The van der Waals surface area contributed by atoms with Crippen molar-refractivity contribution in [3.8, 4) is 0 Å². The molecule has 6 heteroatoms. The van der Waals surface area contributed by atoms with Crippen molar-refractivity contribution in [2.24, 2.45) is 0 Å². The van der Waals surface area contributed by atoms with Gasteiger partial charge < -0.3 is 10.6 Å². The molecular weight excluding hydrogens is 276 g/mol. The molecule has 0 spiro atoms. The fourth-order valence-corrected chi connectivity index (χ4v) is 2.87. The van der Waals surface area contributed by atoms with Gasteiger partial charge in [0.2, 0.25) is 0 Å². The van der Waals surface area contributed by atoms with E-state index in [2.05, 4.69) is 10.6 Å². The van der Waals surface area contributed by atoms with Gasteiger partial charge in [0.25, 0.3) is 5.91 Å². The number of amides is 1. The van der Waals surface area contributed by atoms with Crippen LogP contribution in [0.5, 0.6) is 0 Å². The van der Waals surface area contributed by atoms with Crippen molar-refractivity contribution in [2.75, 3.05) is 17.3 Å². The fourth-order valence-electron chi connectivity index (χ4n) is 1.88. The summed E-state index contributed by atoms with van der Waals surface area (Å²) in [5, 5.41) is 5.90. The molecule has 0 aromatic heterocycles. The smallest absolute Gasteiger partial charge is 0.251 e. The Morgan fingerprint density at radius 3 is 2.45 bits per heavy atom. The molecule has 1 amide bonds. The maximum absolute atomic E-state index is 11.9. The summed E-state index contributed by atoms with van der Waals surface area (Å²) in [5.41, 5.74) is 1.29. The minimum Gasteiger partial charge on any atom is -0.382 e. The molecule has 1 aromatic carbocycles. The van der Waals surface area contributed by atoms with E-state index < -0.39 is 9.84 Å². The van der Waals surface area contributed by atoms with Crippen LogP contribution >= 0.6 is 0 Å². The third kappa shape index (κ3) is 6.06. The topological polar surface area (TPSA) is 75.3 Å². The van der Waals surface area contributed by atoms with E-state index in [1.807, 2.05) is 19.9 Å². The predicted octanol–water partition coefficient (Wildman–Crippen LogP) is 1.67. The van der Waals surface area contributed by atoms with Crippen molar-refractivity contribution < 1.29 is 13.2 Å². The highest BCUT2D eigenvalue weighted by Crippen LogP contribution is 2.12. The van der Waals surface area contributed by atoms with E-state index in [4.69, 9.17) is 0 Å². The average molecular weight is 298 g/mol. The van der Waals surface area contributed by atoms with Gasteiger partial charge in [-0.25, -0.2) is 8.42 Å². The van der Waals surface area contributed by atoms with Crippen LogP contribution in [0.1, 0.15) is 31.1 Å². The van der Waals surface area contributed by atoms with E-state index in [-0.39, 0.29) is 23.7 Å². The molecule has 5 nitrogen and oxygen atoms in total. The molecule has 0 saturated heterocycles. The first-order chi connectivity index (χ1) is 9.17. The van der Waals surface area contributed by atoms with Crippen molar-refractivity contribution in [2.45, 2.75) is 32.9 Å². The predicted molar refractivity (Wildman–Crippen MR) is 81.8 cm³/mol. The first kappa shape index (κ1) is 16.5. The Bertz CT molecular complexity index is 568. The lowest BCUT2D eigenvalue weighted by Gasteiger charge is -2.15. The molecule has 2 N–H and O–H groups in total. The normalized spacial score (nSPS) is 13.1. The summed E-state index contributed by atoms with van der Waals surface area (Å²) in [5.74, 6) is -0.0884. The zero-order valence-electron chi connectivity index (χ0n) is 12.3. The molecule has 0 bridgehead atoms. The van der Waals surface area contributed by atoms with E-state index in [0.29, 0.717) is 5.56 Å². The van der Waals surface area contributed by atoms with Crippen LogP contribution in [0.3, 0.4) is 0 Å². The summed E-state index contributed by atoms with van der Waals surface area (Å²) >= 11 is 0. The average Bonchev–Trinajstić information content (AvgIpc) is 2.25. The van der Waals surface area contributed by atoms with E-state index in [9.17, 15) is 13.2 Å². The van der Waals surface area contributed by atoms with Gasteiger partial charge in [0.15, 0.2) is 0 Å². The highest BCUT2D eigenvalue weighted by molar-refractivity contribution is 7.90. The monoisotopic (exact) mass is 298 g/mol. The second kappa shape index (κ2) is 6.74. The standard InChI is InChI=1S/C14H22N2O3S/c1-10(2)15-14(17)12-6-5-7-13(8-12)16-11(3)9-20(4,18)19/h5-8,10-11,16H,9H2,1-4H3,(H,15,17). The zero-order valence-corrected chi connectivity index (χ0v) is 13.1. The van der Waals surface area contributed by atoms with Gasteiger partial charge in [-0.2, -0.15) is 0 Å². The van der Waals surface area contributed by atoms with Crippen LogP contribution in [0.4, 0.5) is 5.69 Å². The molecule has 0 aliphatic carbocycles. The van der Waals surface area contributed by atoms with E-state index >= 15 is 0 Å². The van der Waals surface area contributed by atoms with Gasteiger partial charge in [-0.05, 0) is 39.0 Å². The van der Waals surface area contributed by atoms with Crippen LogP contribution in [-0.4, -0.2) is 38.4 Å². The Kier molecular flexibility index (Phi) is 5.56. The fraction of sp³-hybridized carbons (Fsp3) is 0.500. The quantitative estimate of drug-likeness (QED) is 0.837. The molecule has 0 saturated carbocycles. The number of nitrogens with one attached hydrogen (secondary N) is 2. The number of hydrogen-bond acceptors (Lipinski definition) is 4. The lowest BCUT2D eigenvalue weighted by molar-refractivity contribution is 0.0943. The molecule has 1 atom stereocenters. The van der Waals surface area contributed by atoms with Crippen LogP contribution in [0.2, 0.25) is 0 Å². The zero-order chi connectivity index (χ0) is 15.3. The van der Waals surface area contributed by atoms with Crippen LogP contribution in [0, 0.1) is 0 Å². The number of carbonyl (C=O) groups is 1. The Morgan fingerprint density at radius 1 is 1.25 bits per heavy atom. The Balaban J connectivity index is 2.76. The molecule has 0 aliphatic heterocycles. The molecule has 112 valence electrons. The second-order valence-corrected chi connectivity index (χ2v) is 7.53. The lowest BCUT2D eigenvalue weighted by Crippen LogP contribution is -2.30. The maximum Gasteiger partial charge on any atom is 0.251 e. The largest absolute Gasteiger partial charge is 0.382 e. The van der Waals surface area contributed by atoms with E-state index in [1.54, 1.807) is 25.1 Å². The summed E-state index contributed by atoms with van der Waals surface area (Å²) in [6.45, 7) is 5.59. The highest BCUT2D eigenvalue weighted by atomic mass is 32.2. The summed E-state index contributed by atoms with van der Waals surface area (Å²) in [6.07, 6.45) is 1.21. The molecule has 0 radical (unpaired) electrons. The summed E-state index contributed by atoms with van der Waals surface area (Å²) in [4.78, 5) is 11.9. The van der Waals surface area contributed by atoms with Crippen LogP contribution in [0.15, 0.2) is 24.3 Å². The Labute approximate surface area is 120 Å². The van der Waals surface area contributed by atoms with Crippen molar-refractivity contribution in [3.05, 3.63) is 29.8 Å². The van der Waals surface area contributed by atoms with Gasteiger partial charge in [-0.15, -0.1) is 0 Å². The maximum atomic E-state index is 11.9. The van der Waals surface area contributed by atoms with Crippen LogP contribution < -0.4 is 10.6 Å². The summed E-state index contributed by atoms with van der Waals surface area (Å²) in [7, 11) is -3.03. The Hall–Kier alpha value is -1.56. The van der Waals surface area contributed by atoms with E-state index in [1.165, 1.54) is 6.26 Å². The molecule has 1 unspecified atom stereocenters. The van der Waals surface area contributed by atoms with Gasteiger partial charge in [-0.1, -0.05) is 6.07 Å². The second-order valence-electron chi connectivity index (χ2n) is 5.35. The molecule has 0 heterocycles. The van der Waals surface area contributed by atoms with Gasteiger partial charge in [-0.3, -0.25) is 4.79 Å². The minimum atomic E-state index is -3.03. The number of sulfone groups is 1. The molecule has 1 rings (SSSR count). The van der Waals surface area contributed by atoms with Gasteiger partial charge in [0, 0.05) is 29.6 Å². The minimum absolute atomic E-state index is 0.0510. The van der Waals surface area contributed by atoms with Crippen molar-refractivity contribution in [1.29, 1.82) is 0 Å².